The van der Waals surface area contributed by atoms with Crippen LogP contribution in [0.2, 0.25) is 0 Å². The van der Waals surface area contributed by atoms with Crippen molar-refractivity contribution < 1.29 is 19.0 Å². The van der Waals surface area contributed by atoms with Crippen LogP contribution in [0, 0.1) is 0 Å². The Kier molecular flexibility index (Phi) is 9.06. The van der Waals surface area contributed by atoms with Crippen molar-refractivity contribution in [3.63, 3.8) is 0 Å². The smallest absolute Gasteiger partial charge is 0.255 e. The molecule has 0 saturated carbocycles. The van der Waals surface area contributed by atoms with Gasteiger partial charge in [0.15, 0.2) is 0 Å². The molecular formula is C34H37N3O4. The molecule has 1 saturated heterocycles. The van der Waals surface area contributed by atoms with Gasteiger partial charge in [0.25, 0.3) is 5.91 Å². The Morgan fingerprint density at radius 3 is 2.20 bits per heavy atom. The van der Waals surface area contributed by atoms with Crippen molar-refractivity contribution in [1.29, 1.82) is 0 Å². The minimum Gasteiger partial charge on any atom is -0.497 e. The number of hydrogen-bond acceptors (Lipinski definition) is 6. The highest BCUT2D eigenvalue weighted by Gasteiger charge is 2.19. The van der Waals surface area contributed by atoms with E-state index in [0.717, 1.165) is 72.5 Å². The number of methoxy groups -OCH3 is 2. The zero-order chi connectivity index (χ0) is 28.6. The Morgan fingerprint density at radius 2 is 1.51 bits per heavy atom. The van der Waals surface area contributed by atoms with E-state index < -0.39 is 0 Å². The molecule has 0 spiro atoms. The van der Waals surface area contributed by atoms with Crippen molar-refractivity contribution >= 4 is 17.3 Å². The number of carbonyl (C=O) groups excluding carboxylic acids is 1. The summed E-state index contributed by atoms with van der Waals surface area (Å²) in [5.74, 6) is 2.39. The van der Waals surface area contributed by atoms with Crippen LogP contribution in [0.5, 0.6) is 17.2 Å². The van der Waals surface area contributed by atoms with Gasteiger partial charge < -0.3 is 24.4 Å². The van der Waals surface area contributed by atoms with Gasteiger partial charge in [-0.1, -0.05) is 24.3 Å². The quantitative estimate of drug-likeness (QED) is 0.248. The first kappa shape index (κ1) is 28.1. The number of ether oxygens (including phenoxy) is 3. The molecule has 212 valence electrons. The minimum absolute atomic E-state index is 0.131. The van der Waals surface area contributed by atoms with E-state index in [0.29, 0.717) is 12.2 Å². The number of amides is 1. The highest BCUT2D eigenvalue weighted by molar-refractivity contribution is 6.04. The Morgan fingerprint density at radius 1 is 0.780 bits per heavy atom. The Hall–Kier alpha value is -4.49. The molecule has 0 bridgehead atoms. The molecule has 0 aliphatic carbocycles. The summed E-state index contributed by atoms with van der Waals surface area (Å²) in [6.45, 7) is 7.20. The third-order valence-electron chi connectivity index (χ3n) is 7.37. The Labute approximate surface area is 242 Å². The molecule has 0 unspecified atom stereocenters. The van der Waals surface area contributed by atoms with Gasteiger partial charge in [-0.05, 0) is 84.8 Å². The summed E-state index contributed by atoms with van der Waals surface area (Å²) in [7, 11) is 3.36. The monoisotopic (exact) mass is 551 g/mol. The maximum atomic E-state index is 12.7. The molecule has 1 fully saturated rings. The Bertz CT molecular complexity index is 1450. The molecular weight excluding hydrogens is 514 g/mol. The number of anilines is 2. The molecule has 41 heavy (non-hydrogen) atoms. The minimum atomic E-state index is -0.131. The van der Waals surface area contributed by atoms with Gasteiger partial charge in [-0.15, -0.1) is 0 Å². The first-order valence-corrected chi connectivity index (χ1v) is 14.0. The van der Waals surface area contributed by atoms with Crippen LogP contribution >= 0.6 is 0 Å². The molecule has 1 aliphatic rings. The van der Waals surface area contributed by atoms with Gasteiger partial charge in [-0.25, -0.2) is 0 Å². The second-order valence-electron chi connectivity index (χ2n) is 9.98. The van der Waals surface area contributed by atoms with E-state index in [1.807, 2.05) is 67.6 Å². The number of piperazine rings is 1. The van der Waals surface area contributed by atoms with Gasteiger partial charge in [0.05, 0.1) is 20.8 Å². The van der Waals surface area contributed by atoms with Gasteiger partial charge >= 0.3 is 0 Å². The van der Waals surface area contributed by atoms with E-state index in [9.17, 15) is 4.79 Å². The third kappa shape index (κ3) is 6.99. The number of carbonyl (C=O) groups is 1. The lowest BCUT2D eigenvalue weighted by Gasteiger charge is -2.36. The summed E-state index contributed by atoms with van der Waals surface area (Å²) < 4.78 is 16.6. The van der Waals surface area contributed by atoms with Crippen LogP contribution in [0.25, 0.3) is 11.1 Å². The highest BCUT2D eigenvalue weighted by atomic mass is 16.5. The molecule has 0 atom stereocenters. The summed E-state index contributed by atoms with van der Waals surface area (Å²) >= 11 is 0. The van der Waals surface area contributed by atoms with Crippen molar-refractivity contribution in [2.45, 2.75) is 13.5 Å². The zero-order valence-corrected chi connectivity index (χ0v) is 23.9. The predicted octanol–water partition coefficient (Wildman–Crippen LogP) is 6.34. The molecule has 1 aliphatic heterocycles. The van der Waals surface area contributed by atoms with Crippen LogP contribution in [0.4, 0.5) is 11.4 Å². The lowest BCUT2D eigenvalue weighted by atomic mass is 10.0. The lowest BCUT2D eigenvalue weighted by Crippen LogP contribution is -2.46. The van der Waals surface area contributed by atoms with Crippen molar-refractivity contribution in [3.8, 4) is 28.4 Å². The molecule has 1 amide bonds. The molecule has 1 N–H and O–H groups in total. The fourth-order valence-electron chi connectivity index (χ4n) is 5.09. The van der Waals surface area contributed by atoms with E-state index in [1.165, 1.54) is 5.56 Å². The van der Waals surface area contributed by atoms with E-state index in [4.69, 9.17) is 14.2 Å². The second-order valence-corrected chi connectivity index (χ2v) is 9.98. The first-order valence-electron chi connectivity index (χ1n) is 14.0. The van der Waals surface area contributed by atoms with E-state index >= 15 is 0 Å². The van der Waals surface area contributed by atoms with Crippen molar-refractivity contribution in [2.75, 3.05) is 57.2 Å². The Balaban J connectivity index is 1.16. The molecule has 7 heteroatoms. The molecule has 0 radical (unpaired) electrons. The number of nitrogens with one attached hydrogen (secondary N) is 1. The lowest BCUT2D eigenvalue weighted by molar-refractivity contribution is 0.102. The van der Waals surface area contributed by atoms with Gasteiger partial charge in [-0.3, -0.25) is 9.69 Å². The van der Waals surface area contributed by atoms with Crippen LogP contribution in [0.15, 0.2) is 91.0 Å². The number of nitrogens with zero attached hydrogens (tertiary/aromatic N) is 2. The standard InChI is InChI=1S/C34H37N3O4/c1-4-41-32-7-5-6-26(22-32)27-8-9-28(33(23-27)40-3)24-36-18-20-37(21-19-36)30-14-10-25(11-15-30)34(38)35-29-12-16-31(39-2)17-13-29/h5-17,22-23H,4,18-21,24H2,1-3H3,(H,35,38). The molecule has 1 heterocycles. The summed E-state index contributed by atoms with van der Waals surface area (Å²) in [5.41, 5.74) is 5.89. The summed E-state index contributed by atoms with van der Waals surface area (Å²) in [6.07, 6.45) is 0. The number of hydrogen-bond donors (Lipinski definition) is 1. The molecule has 0 aromatic heterocycles. The SMILES string of the molecule is CCOc1cccc(-c2ccc(CN3CCN(c4ccc(C(=O)Nc5ccc(OC)cc5)cc4)CC3)c(OC)c2)c1. The van der Waals surface area contributed by atoms with Crippen LogP contribution in [0.1, 0.15) is 22.8 Å². The van der Waals surface area contributed by atoms with Gasteiger partial charge in [0.1, 0.15) is 17.2 Å². The van der Waals surface area contributed by atoms with Crippen LogP contribution in [0.3, 0.4) is 0 Å². The van der Waals surface area contributed by atoms with Crippen LogP contribution in [-0.2, 0) is 6.54 Å². The molecule has 5 rings (SSSR count). The maximum absolute atomic E-state index is 12.7. The second kappa shape index (κ2) is 13.2. The third-order valence-corrected chi connectivity index (χ3v) is 7.37. The highest BCUT2D eigenvalue weighted by Crippen LogP contribution is 2.30. The molecule has 4 aromatic rings. The van der Waals surface area contributed by atoms with Gasteiger partial charge in [0.2, 0.25) is 0 Å². The maximum Gasteiger partial charge on any atom is 0.255 e. The summed E-state index contributed by atoms with van der Waals surface area (Å²) in [6, 6.07) is 29.7. The van der Waals surface area contributed by atoms with Crippen molar-refractivity contribution in [3.05, 3.63) is 102 Å². The van der Waals surface area contributed by atoms with Gasteiger partial charge in [-0.2, -0.15) is 0 Å². The normalized spacial score (nSPS) is 13.5. The van der Waals surface area contributed by atoms with Gasteiger partial charge in [0, 0.05) is 55.2 Å². The van der Waals surface area contributed by atoms with Crippen molar-refractivity contribution in [2.24, 2.45) is 0 Å². The van der Waals surface area contributed by atoms with E-state index in [1.54, 1.807) is 14.2 Å². The fourth-order valence-corrected chi connectivity index (χ4v) is 5.09. The zero-order valence-electron chi connectivity index (χ0n) is 23.9. The molecule has 4 aromatic carbocycles. The predicted molar refractivity (Wildman–Crippen MR) is 164 cm³/mol. The average Bonchev–Trinajstić information content (AvgIpc) is 3.02. The largest absolute Gasteiger partial charge is 0.497 e. The van der Waals surface area contributed by atoms with Crippen LogP contribution < -0.4 is 24.4 Å². The number of rotatable bonds is 10. The van der Waals surface area contributed by atoms with Crippen LogP contribution in [-0.4, -0.2) is 57.8 Å². The van der Waals surface area contributed by atoms with E-state index in [-0.39, 0.29) is 5.91 Å². The fraction of sp³-hybridized carbons (Fsp3) is 0.265. The van der Waals surface area contributed by atoms with E-state index in [2.05, 4.69) is 45.4 Å². The average molecular weight is 552 g/mol. The van der Waals surface area contributed by atoms with Crippen molar-refractivity contribution in [1.82, 2.24) is 4.90 Å². The summed E-state index contributed by atoms with van der Waals surface area (Å²) in [5, 5.41) is 2.94. The first-order chi connectivity index (χ1) is 20.1. The topological polar surface area (TPSA) is 63.3 Å². The summed E-state index contributed by atoms with van der Waals surface area (Å²) in [4.78, 5) is 17.5. The molecule has 7 nitrogen and oxygen atoms in total. The number of benzene rings is 4.